The second-order valence-electron chi connectivity index (χ2n) is 6.30. The first-order chi connectivity index (χ1) is 11.0. The monoisotopic (exact) mass is 305 g/mol. The van der Waals surface area contributed by atoms with Crippen molar-refractivity contribution in [3.05, 3.63) is 65.6 Å². The second kappa shape index (κ2) is 6.37. The van der Waals surface area contributed by atoms with Crippen molar-refractivity contribution in [2.24, 2.45) is 0 Å². The van der Waals surface area contributed by atoms with Gasteiger partial charge in [-0.25, -0.2) is 9.97 Å². The Morgan fingerprint density at radius 2 is 1.61 bits per heavy atom. The quantitative estimate of drug-likeness (QED) is 0.702. The summed E-state index contributed by atoms with van der Waals surface area (Å²) in [6.07, 6.45) is 0. The summed E-state index contributed by atoms with van der Waals surface area (Å²) in [6, 6.07) is 17.2. The third kappa shape index (κ3) is 3.34. The number of benzene rings is 2. The van der Waals surface area contributed by atoms with Gasteiger partial charge >= 0.3 is 0 Å². The molecule has 0 spiro atoms. The van der Waals surface area contributed by atoms with E-state index in [1.54, 1.807) is 0 Å². The number of rotatable bonds is 4. The van der Waals surface area contributed by atoms with Crippen LogP contribution in [0.25, 0.3) is 10.9 Å². The Kier molecular flexibility index (Phi) is 4.28. The SMILES string of the molecule is Cc1ccc(N(Cc2nc(C)c3ccccc3n2)C(C)C)cc1. The zero-order valence-corrected chi connectivity index (χ0v) is 14.2. The van der Waals surface area contributed by atoms with Crippen LogP contribution in [0.3, 0.4) is 0 Å². The highest BCUT2D eigenvalue weighted by molar-refractivity contribution is 5.80. The van der Waals surface area contributed by atoms with E-state index in [1.165, 1.54) is 11.3 Å². The Bertz CT molecular complexity index is 807. The highest BCUT2D eigenvalue weighted by atomic mass is 15.2. The van der Waals surface area contributed by atoms with Gasteiger partial charge < -0.3 is 4.90 Å². The van der Waals surface area contributed by atoms with Crippen molar-refractivity contribution in [1.82, 2.24) is 9.97 Å². The van der Waals surface area contributed by atoms with Crippen LogP contribution >= 0.6 is 0 Å². The maximum Gasteiger partial charge on any atom is 0.148 e. The fourth-order valence-electron chi connectivity index (χ4n) is 2.83. The lowest BCUT2D eigenvalue weighted by atomic mass is 10.1. The first-order valence-corrected chi connectivity index (χ1v) is 8.10. The fourth-order valence-corrected chi connectivity index (χ4v) is 2.83. The predicted molar refractivity (Wildman–Crippen MR) is 96.8 cm³/mol. The second-order valence-corrected chi connectivity index (χ2v) is 6.30. The van der Waals surface area contributed by atoms with Gasteiger partial charge in [-0.15, -0.1) is 0 Å². The molecule has 0 fully saturated rings. The zero-order chi connectivity index (χ0) is 16.4. The van der Waals surface area contributed by atoms with Crippen LogP contribution in [0.5, 0.6) is 0 Å². The van der Waals surface area contributed by atoms with Crippen LogP contribution in [0.2, 0.25) is 0 Å². The molecule has 1 aromatic heterocycles. The summed E-state index contributed by atoms with van der Waals surface area (Å²) in [5.41, 5.74) is 4.54. The molecule has 0 N–H and O–H groups in total. The molecule has 0 aliphatic rings. The molecule has 0 saturated carbocycles. The van der Waals surface area contributed by atoms with Gasteiger partial charge in [0.1, 0.15) is 5.82 Å². The molecule has 0 unspecified atom stereocenters. The molecule has 0 atom stereocenters. The minimum Gasteiger partial charge on any atom is -0.362 e. The van der Waals surface area contributed by atoms with Gasteiger partial charge in [0.25, 0.3) is 0 Å². The van der Waals surface area contributed by atoms with Gasteiger partial charge in [-0.2, -0.15) is 0 Å². The van der Waals surface area contributed by atoms with E-state index < -0.39 is 0 Å². The number of aryl methyl sites for hydroxylation is 2. The number of fused-ring (bicyclic) bond motifs is 1. The fraction of sp³-hybridized carbons (Fsp3) is 0.300. The molecular weight excluding hydrogens is 282 g/mol. The average Bonchev–Trinajstić information content (AvgIpc) is 2.53. The highest BCUT2D eigenvalue weighted by Gasteiger charge is 2.14. The lowest BCUT2D eigenvalue weighted by Gasteiger charge is -2.28. The van der Waals surface area contributed by atoms with Crippen molar-refractivity contribution in [3.8, 4) is 0 Å². The molecule has 118 valence electrons. The minimum atomic E-state index is 0.382. The number of nitrogens with zero attached hydrogens (tertiary/aromatic N) is 3. The van der Waals surface area contributed by atoms with Crippen LogP contribution < -0.4 is 4.90 Å². The lowest BCUT2D eigenvalue weighted by molar-refractivity contribution is 0.662. The van der Waals surface area contributed by atoms with Crippen molar-refractivity contribution in [3.63, 3.8) is 0 Å². The normalized spacial score (nSPS) is 11.2. The van der Waals surface area contributed by atoms with E-state index in [9.17, 15) is 0 Å². The summed E-state index contributed by atoms with van der Waals surface area (Å²) in [5.74, 6) is 0.871. The van der Waals surface area contributed by atoms with Crippen LogP contribution in [-0.4, -0.2) is 16.0 Å². The number of aromatic nitrogens is 2. The van der Waals surface area contributed by atoms with Gasteiger partial charge in [0.15, 0.2) is 0 Å². The number of anilines is 1. The average molecular weight is 305 g/mol. The van der Waals surface area contributed by atoms with Gasteiger partial charge in [-0.3, -0.25) is 0 Å². The molecule has 3 rings (SSSR count). The largest absolute Gasteiger partial charge is 0.362 e. The minimum absolute atomic E-state index is 0.382. The zero-order valence-electron chi connectivity index (χ0n) is 14.2. The third-order valence-corrected chi connectivity index (χ3v) is 4.14. The first-order valence-electron chi connectivity index (χ1n) is 8.10. The molecule has 0 aliphatic heterocycles. The van der Waals surface area contributed by atoms with Crippen LogP contribution in [0.4, 0.5) is 5.69 Å². The molecule has 0 aliphatic carbocycles. The van der Waals surface area contributed by atoms with Gasteiger partial charge in [0.05, 0.1) is 12.1 Å². The summed E-state index contributed by atoms with van der Waals surface area (Å²) < 4.78 is 0. The van der Waals surface area contributed by atoms with Crippen LogP contribution in [-0.2, 0) is 6.54 Å². The van der Waals surface area contributed by atoms with E-state index >= 15 is 0 Å². The summed E-state index contributed by atoms with van der Waals surface area (Å²) in [5, 5.41) is 1.13. The Labute approximate surface area is 138 Å². The maximum atomic E-state index is 4.75. The Morgan fingerprint density at radius 1 is 0.913 bits per heavy atom. The molecule has 3 nitrogen and oxygen atoms in total. The van der Waals surface area contributed by atoms with Crippen LogP contribution in [0.1, 0.15) is 30.9 Å². The van der Waals surface area contributed by atoms with Crippen molar-refractivity contribution < 1.29 is 0 Å². The van der Waals surface area contributed by atoms with E-state index in [1.807, 2.05) is 12.1 Å². The predicted octanol–water partition coefficient (Wildman–Crippen LogP) is 4.66. The Balaban J connectivity index is 1.96. The van der Waals surface area contributed by atoms with Crippen molar-refractivity contribution in [2.75, 3.05) is 4.90 Å². The third-order valence-electron chi connectivity index (χ3n) is 4.14. The topological polar surface area (TPSA) is 29.0 Å². The van der Waals surface area contributed by atoms with E-state index in [0.717, 1.165) is 22.4 Å². The molecule has 3 heteroatoms. The molecule has 0 radical (unpaired) electrons. The molecule has 0 bridgehead atoms. The smallest absolute Gasteiger partial charge is 0.148 e. The summed E-state index contributed by atoms with van der Waals surface area (Å²) in [4.78, 5) is 11.8. The molecule has 2 aromatic carbocycles. The number of para-hydroxylation sites is 1. The Hall–Kier alpha value is -2.42. The van der Waals surface area contributed by atoms with Gasteiger partial charge in [0.2, 0.25) is 0 Å². The van der Waals surface area contributed by atoms with Gasteiger partial charge in [-0.05, 0) is 45.9 Å². The Morgan fingerprint density at radius 3 is 2.30 bits per heavy atom. The van der Waals surface area contributed by atoms with Crippen LogP contribution in [0, 0.1) is 13.8 Å². The molecule has 0 amide bonds. The van der Waals surface area contributed by atoms with Crippen molar-refractivity contribution in [2.45, 2.75) is 40.3 Å². The highest BCUT2D eigenvalue weighted by Crippen LogP contribution is 2.21. The van der Waals surface area contributed by atoms with E-state index in [-0.39, 0.29) is 0 Å². The van der Waals surface area contributed by atoms with Gasteiger partial charge in [-0.1, -0.05) is 35.9 Å². The first kappa shape index (κ1) is 15.5. The lowest BCUT2D eigenvalue weighted by Crippen LogP contribution is -2.31. The standard InChI is InChI=1S/C20H23N3/c1-14(2)23(17-11-9-15(3)10-12-17)13-20-21-16(4)18-7-5-6-8-19(18)22-20/h5-12,14H,13H2,1-4H3. The van der Waals surface area contributed by atoms with Gasteiger partial charge in [0, 0.05) is 22.8 Å². The molecule has 23 heavy (non-hydrogen) atoms. The number of hydrogen-bond acceptors (Lipinski definition) is 3. The van der Waals surface area contributed by atoms with Crippen molar-refractivity contribution in [1.29, 1.82) is 0 Å². The summed E-state index contributed by atoms with van der Waals surface area (Å²) in [6.45, 7) is 9.28. The van der Waals surface area contributed by atoms with E-state index in [4.69, 9.17) is 9.97 Å². The van der Waals surface area contributed by atoms with Crippen LogP contribution in [0.15, 0.2) is 48.5 Å². The molecular formula is C20H23N3. The summed E-state index contributed by atoms with van der Waals surface area (Å²) >= 11 is 0. The van der Waals surface area contributed by atoms with E-state index in [0.29, 0.717) is 12.6 Å². The molecule has 1 heterocycles. The number of hydrogen-bond donors (Lipinski definition) is 0. The van der Waals surface area contributed by atoms with E-state index in [2.05, 4.69) is 69.0 Å². The summed E-state index contributed by atoms with van der Waals surface area (Å²) in [7, 11) is 0. The molecule has 0 saturated heterocycles. The molecule has 3 aromatic rings. The van der Waals surface area contributed by atoms with Crippen molar-refractivity contribution >= 4 is 16.6 Å². The maximum absolute atomic E-state index is 4.75.